The van der Waals surface area contributed by atoms with Gasteiger partial charge >= 0.3 is 0 Å². The van der Waals surface area contributed by atoms with Crippen LogP contribution in [0.3, 0.4) is 0 Å². The lowest BCUT2D eigenvalue weighted by Crippen LogP contribution is -2.19. The number of aliphatic hydroxyl groups excluding tert-OH is 1. The van der Waals surface area contributed by atoms with Crippen LogP contribution >= 0.6 is 0 Å². The van der Waals surface area contributed by atoms with Crippen molar-refractivity contribution in [3.8, 4) is 0 Å². The van der Waals surface area contributed by atoms with E-state index < -0.39 is 0 Å². The van der Waals surface area contributed by atoms with Crippen LogP contribution in [0.2, 0.25) is 0 Å². The van der Waals surface area contributed by atoms with Gasteiger partial charge in [-0.05, 0) is 18.9 Å². The lowest BCUT2D eigenvalue weighted by Gasteiger charge is -2.10. The van der Waals surface area contributed by atoms with Crippen molar-refractivity contribution < 1.29 is 5.11 Å². The van der Waals surface area contributed by atoms with Crippen molar-refractivity contribution in [3.05, 3.63) is 28.8 Å². The summed E-state index contributed by atoms with van der Waals surface area (Å²) >= 11 is 0. The second-order valence-corrected chi connectivity index (χ2v) is 4.38. The SMILES string of the molecule is O=c1ccc2c(NCCO)ncnc2n1C1CC1. The Kier molecular flexibility index (Phi) is 2.71. The van der Waals surface area contributed by atoms with Gasteiger partial charge in [0, 0.05) is 18.7 Å². The standard InChI is InChI=1S/C12H14N4O2/c17-6-5-13-11-9-3-4-10(18)16(8-1-2-8)12(9)15-7-14-11/h3-4,7-8,17H,1-2,5-6H2,(H,13,14,15). The fraction of sp³-hybridized carbons (Fsp3) is 0.417. The molecule has 0 spiro atoms. The maximum Gasteiger partial charge on any atom is 0.252 e. The maximum atomic E-state index is 11.9. The van der Waals surface area contributed by atoms with Crippen LogP contribution in [0, 0.1) is 0 Å². The molecule has 1 aliphatic carbocycles. The van der Waals surface area contributed by atoms with Crippen LogP contribution < -0.4 is 10.9 Å². The fourth-order valence-electron chi connectivity index (χ4n) is 2.07. The number of nitrogens with zero attached hydrogens (tertiary/aromatic N) is 3. The van der Waals surface area contributed by atoms with E-state index in [9.17, 15) is 4.79 Å². The van der Waals surface area contributed by atoms with Gasteiger partial charge in [-0.3, -0.25) is 9.36 Å². The largest absolute Gasteiger partial charge is 0.395 e. The molecule has 1 fully saturated rings. The summed E-state index contributed by atoms with van der Waals surface area (Å²) in [5.41, 5.74) is 0.650. The molecule has 3 rings (SSSR count). The minimum absolute atomic E-state index is 0.0168. The van der Waals surface area contributed by atoms with Crippen LogP contribution in [0.15, 0.2) is 23.3 Å². The van der Waals surface area contributed by atoms with Gasteiger partial charge < -0.3 is 10.4 Å². The molecule has 0 radical (unpaired) electrons. The first kappa shape index (κ1) is 11.2. The average Bonchev–Trinajstić information content (AvgIpc) is 3.20. The molecule has 1 aliphatic rings. The predicted octanol–water partition coefficient (Wildman–Crippen LogP) is 0.531. The Morgan fingerprint density at radius 1 is 1.39 bits per heavy atom. The summed E-state index contributed by atoms with van der Waals surface area (Å²) in [5, 5.41) is 12.7. The first-order chi connectivity index (χ1) is 8.81. The summed E-state index contributed by atoms with van der Waals surface area (Å²) in [4.78, 5) is 20.2. The monoisotopic (exact) mass is 246 g/mol. The second-order valence-electron chi connectivity index (χ2n) is 4.38. The third-order valence-corrected chi connectivity index (χ3v) is 3.04. The van der Waals surface area contributed by atoms with Crippen LogP contribution in [0.5, 0.6) is 0 Å². The van der Waals surface area contributed by atoms with Crippen LogP contribution in [0.1, 0.15) is 18.9 Å². The average molecular weight is 246 g/mol. The molecule has 1 saturated carbocycles. The normalized spacial score (nSPS) is 14.9. The molecule has 6 nitrogen and oxygen atoms in total. The van der Waals surface area contributed by atoms with Crippen molar-refractivity contribution >= 4 is 16.9 Å². The van der Waals surface area contributed by atoms with Crippen molar-refractivity contribution in [3.63, 3.8) is 0 Å². The number of anilines is 1. The molecular formula is C12H14N4O2. The fourth-order valence-corrected chi connectivity index (χ4v) is 2.07. The van der Waals surface area contributed by atoms with Crippen LogP contribution in [-0.4, -0.2) is 32.8 Å². The molecule has 0 aromatic carbocycles. The number of hydrogen-bond donors (Lipinski definition) is 2. The van der Waals surface area contributed by atoms with E-state index in [0.29, 0.717) is 18.0 Å². The van der Waals surface area contributed by atoms with E-state index in [-0.39, 0.29) is 18.2 Å². The molecule has 0 saturated heterocycles. The van der Waals surface area contributed by atoms with E-state index in [0.717, 1.165) is 18.2 Å². The third-order valence-electron chi connectivity index (χ3n) is 3.04. The van der Waals surface area contributed by atoms with Crippen molar-refractivity contribution in [2.24, 2.45) is 0 Å². The maximum absolute atomic E-state index is 11.9. The minimum atomic E-state index is -0.0168. The van der Waals surface area contributed by atoms with E-state index in [2.05, 4.69) is 15.3 Å². The van der Waals surface area contributed by atoms with E-state index >= 15 is 0 Å². The van der Waals surface area contributed by atoms with Crippen molar-refractivity contribution in [1.29, 1.82) is 0 Å². The summed E-state index contributed by atoms with van der Waals surface area (Å²) < 4.78 is 1.74. The van der Waals surface area contributed by atoms with E-state index in [1.807, 2.05) is 0 Å². The van der Waals surface area contributed by atoms with Gasteiger partial charge in [0.15, 0.2) is 0 Å². The highest BCUT2D eigenvalue weighted by Gasteiger charge is 2.26. The number of fused-ring (bicyclic) bond motifs is 1. The zero-order valence-electron chi connectivity index (χ0n) is 9.83. The van der Waals surface area contributed by atoms with Crippen LogP contribution in [0.4, 0.5) is 5.82 Å². The third kappa shape index (κ3) is 1.84. The minimum Gasteiger partial charge on any atom is -0.395 e. The molecule has 2 aromatic heterocycles. The van der Waals surface area contributed by atoms with E-state index in [1.54, 1.807) is 16.7 Å². The molecular weight excluding hydrogens is 232 g/mol. The Balaban J connectivity index is 2.17. The molecule has 0 amide bonds. The number of pyridine rings is 1. The number of hydrogen-bond acceptors (Lipinski definition) is 5. The molecule has 0 aliphatic heterocycles. The Bertz CT molecular complexity index is 634. The van der Waals surface area contributed by atoms with Gasteiger partial charge in [-0.1, -0.05) is 0 Å². The Hall–Kier alpha value is -1.95. The molecule has 94 valence electrons. The van der Waals surface area contributed by atoms with Gasteiger partial charge in [-0.15, -0.1) is 0 Å². The summed E-state index contributed by atoms with van der Waals surface area (Å²) in [5.74, 6) is 0.656. The van der Waals surface area contributed by atoms with Crippen LogP contribution in [0.25, 0.3) is 11.0 Å². The Labute approximate surface area is 103 Å². The Morgan fingerprint density at radius 3 is 2.94 bits per heavy atom. The molecule has 2 heterocycles. The molecule has 2 aromatic rings. The molecule has 18 heavy (non-hydrogen) atoms. The van der Waals surface area contributed by atoms with Crippen molar-refractivity contribution in [2.75, 3.05) is 18.5 Å². The topological polar surface area (TPSA) is 80.0 Å². The Morgan fingerprint density at radius 2 is 2.22 bits per heavy atom. The highest BCUT2D eigenvalue weighted by Crippen LogP contribution is 2.35. The number of rotatable bonds is 4. The van der Waals surface area contributed by atoms with Crippen molar-refractivity contribution in [1.82, 2.24) is 14.5 Å². The van der Waals surface area contributed by atoms with Gasteiger partial charge in [0.1, 0.15) is 17.8 Å². The van der Waals surface area contributed by atoms with Gasteiger partial charge in [0.25, 0.3) is 5.56 Å². The van der Waals surface area contributed by atoms with Gasteiger partial charge in [-0.25, -0.2) is 9.97 Å². The smallest absolute Gasteiger partial charge is 0.252 e. The summed E-state index contributed by atoms with van der Waals surface area (Å²) in [6, 6.07) is 3.56. The lowest BCUT2D eigenvalue weighted by atomic mass is 10.3. The summed E-state index contributed by atoms with van der Waals surface area (Å²) in [6.45, 7) is 0.461. The number of aromatic nitrogens is 3. The zero-order valence-corrected chi connectivity index (χ0v) is 9.83. The van der Waals surface area contributed by atoms with Crippen molar-refractivity contribution in [2.45, 2.75) is 18.9 Å². The van der Waals surface area contributed by atoms with Gasteiger partial charge in [0.2, 0.25) is 0 Å². The highest BCUT2D eigenvalue weighted by atomic mass is 16.3. The molecule has 6 heteroatoms. The molecule has 0 atom stereocenters. The zero-order chi connectivity index (χ0) is 12.5. The number of aliphatic hydroxyl groups is 1. The summed E-state index contributed by atoms with van der Waals surface area (Å²) in [7, 11) is 0. The molecule has 0 bridgehead atoms. The predicted molar refractivity (Wildman–Crippen MR) is 67.6 cm³/mol. The first-order valence-corrected chi connectivity index (χ1v) is 6.02. The van der Waals surface area contributed by atoms with Gasteiger partial charge in [0.05, 0.1) is 12.0 Å². The molecule has 2 N–H and O–H groups in total. The second kappa shape index (κ2) is 4.38. The first-order valence-electron chi connectivity index (χ1n) is 6.02. The van der Waals surface area contributed by atoms with E-state index in [4.69, 9.17) is 5.11 Å². The van der Waals surface area contributed by atoms with Crippen LogP contribution in [-0.2, 0) is 0 Å². The van der Waals surface area contributed by atoms with E-state index in [1.165, 1.54) is 6.33 Å². The molecule has 0 unspecified atom stereocenters. The quantitative estimate of drug-likeness (QED) is 0.822. The lowest BCUT2D eigenvalue weighted by molar-refractivity contribution is 0.311. The van der Waals surface area contributed by atoms with Gasteiger partial charge in [-0.2, -0.15) is 0 Å². The number of nitrogens with one attached hydrogen (secondary N) is 1. The summed E-state index contributed by atoms with van der Waals surface area (Å²) in [6.07, 6.45) is 3.51. The highest BCUT2D eigenvalue weighted by molar-refractivity contribution is 5.86.